The minimum absolute atomic E-state index is 0.372. The Hall–Kier alpha value is 0.0300. The summed E-state index contributed by atoms with van der Waals surface area (Å²) in [5.41, 5.74) is 4.50. The van der Waals surface area contributed by atoms with Crippen molar-refractivity contribution in [1.29, 1.82) is 0 Å². The van der Waals surface area contributed by atoms with E-state index in [4.69, 9.17) is 4.74 Å². The lowest BCUT2D eigenvalue weighted by atomic mass is 10.5. The van der Waals surface area contributed by atoms with Crippen molar-refractivity contribution in [2.45, 2.75) is 6.92 Å². The van der Waals surface area contributed by atoms with E-state index in [1.54, 1.807) is 7.11 Å². The Morgan fingerprint density at radius 2 is 1.93 bits per heavy atom. The van der Waals surface area contributed by atoms with E-state index in [1.165, 1.54) is 31.6 Å². The molecule has 1 rings (SSSR count). The molecular weight excluding hydrogens is 210 g/mol. The van der Waals surface area contributed by atoms with Crippen LogP contribution in [0.25, 0.3) is 0 Å². The van der Waals surface area contributed by atoms with E-state index in [1.807, 2.05) is 0 Å². The standard InChI is InChI=1S/C9H20N2OS.CH5N/c1-3-10-13-8-5-11(6-9-13)4-7-12-2;1-2/h3-9H2,1-2H3;2H2,1H3. The Morgan fingerprint density at radius 1 is 1.33 bits per heavy atom. The summed E-state index contributed by atoms with van der Waals surface area (Å²) < 4.78 is 9.62. The molecule has 2 N–H and O–H groups in total. The van der Waals surface area contributed by atoms with Gasteiger partial charge in [-0.15, -0.1) is 0 Å². The number of rotatable bonds is 4. The van der Waals surface area contributed by atoms with Crippen molar-refractivity contribution >= 4 is 10.7 Å². The summed E-state index contributed by atoms with van der Waals surface area (Å²) in [6.45, 7) is 7.47. The maximum atomic E-state index is 5.06. The van der Waals surface area contributed by atoms with Crippen LogP contribution in [-0.2, 0) is 15.4 Å². The zero-order valence-corrected chi connectivity index (χ0v) is 11.1. The molecule has 0 bridgehead atoms. The summed E-state index contributed by atoms with van der Waals surface area (Å²) >= 11 is 0. The smallest absolute Gasteiger partial charge is 0.0589 e. The maximum absolute atomic E-state index is 5.06. The molecule has 15 heavy (non-hydrogen) atoms. The number of nitrogens with two attached hydrogens (primary N) is 1. The fourth-order valence-corrected chi connectivity index (χ4v) is 3.20. The summed E-state index contributed by atoms with van der Waals surface area (Å²) in [5, 5.41) is 0. The third kappa shape index (κ3) is 7.00. The van der Waals surface area contributed by atoms with Crippen LogP contribution in [0.1, 0.15) is 6.92 Å². The summed E-state index contributed by atoms with van der Waals surface area (Å²) in [6, 6.07) is 0. The summed E-state index contributed by atoms with van der Waals surface area (Å²) in [6.07, 6.45) is 0. The van der Waals surface area contributed by atoms with Gasteiger partial charge in [-0.2, -0.15) is 0 Å². The lowest BCUT2D eigenvalue weighted by Gasteiger charge is -2.27. The molecule has 1 aliphatic heterocycles. The highest BCUT2D eigenvalue weighted by Gasteiger charge is 2.12. The normalized spacial score (nSPS) is 18.1. The lowest BCUT2D eigenvalue weighted by Crippen LogP contribution is -2.39. The first-order valence-corrected chi connectivity index (χ1v) is 7.03. The third-order valence-electron chi connectivity index (χ3n) is 2.21. The molecule has 92 valence electrons. The number of nitrogens with zero attached hydrogens (tertiary/aromatic N) is 2. The van der Waals surface area contributed by atoms with Crippen molar-refractivity contribution in [2.24, 2.45) is 10.1 Å². The molecule has 0 aromatic heterocycles. The zero-order chi connectivity index (χ0) is 11.5. The van der Waals surface area contributed by atoms with E-state index in [2.05, 4.69) is 21.9 Å². The van der Waals surface area contributed by atoms with E-state index in [-0.39, 0.29) is 0 Å². The Kier molecular flexibility index (Phi) is 10.6. The first-order valence-electron chi connectivity index (χ1n) is 5.51. The van der Waals surface area contributed by atoms with Crippen molar-refractivity contribution in [3.63, 3.8) is 0 Å². The minimum Gasteiger partial charge on any atom is -0.383 e. The lowest BCUT2D eigenvalue weighted by molar-refractivity contribution is 0.153. The van der Waals surface area contributed by atoms with Crippen molar-refractivity contribution in [1.82, 2.24) is 4.90 Å². The van der Waals surface area contributed by atoms with E-state index in [0.717, 1.165) is 19.7 Å². The molecule has 0 aliphatic carbocycles. The monoisotopic (exact) mass is 235 g/mol. The number of ether oxygens (including phenoxy) is 1. The second kappa shape index (κ2) is 10.5. The second-order valence-electron chi connectivity index (χ2n) is 3.15. The van der Waals surface area contributed by atoms with Crippen LogP contribution in [0.4, 0.5) is 0 Å². The first kappa shape index (κ1) is 15.0. The Morgan fingerprint density at radius 3 is 2.40 bits per heavy atom. The summed E-state index contributed by atoms with van der Waals surface area (Å²) in [7, 11) is 3.64. The van der Waals surface area contributed by atoms with Gasteiger partial charge < -0.3 is 10.5 Å². The van der Waals surface area contributed by atoms with Gasteiger partial charge >= 0.3 is 0 Å². The van der Waals surface area contributed by atoms with Crippen LogP contribution < -0.4 is 5.73 Å². The Bertz CT molecular complexity index is 166. The molecule has 0 aromatic rings. The quantitative estimate of drug-likeness (QED) is 0.765. The van der Waals surface area contributed by atoms with Crippen molar-refractivity contribution < 1.29 is 4.74 Å². The molecule has 1 fully saturated rings. The van der Waals surface area contributed by atoms with Crippen molar-refractivity contribution in [2.75, 3.05) is 58.4 Å². The van der Waals surface area contributed by atoms with Gasteiger partial charge in [0.25, 0.3) is 0 Å². The molecule has 0 saturated carbocycles. The van der Waals surface area contributed by atoms with Crippen LogP contribution in [0.15, 0.2) is 4.36 Å². The molecule has 0 aromatic carbocycles. The van der Waals surface area contributed by atoms with Gasteiger partial charge in [0.1, 0.15) is 0 Å². The summed E-state index contributed by atoms with van der Waals surface area (Å²) in [5.74, 6) is 2.52. The first-order chi connectivity index (χ1) is 7.36. The SMILES string of the molecule is CCN=S1CCN(CCOC)CC1.CN. The average molecular weight is 235 g/mol. The molecule has 5 heteroatoms. The molecular formula is C10H25N3OS. The van der Waals surface area contributed by atoms with Gasteiger partial charge in [-0.3, -0.25) is 9.26 Å². The highest BCUT2D eigenvalue weighted by molar-refractivity contribution is 7.87. The van der Waals surface area contributed by atoms with Crippen LogP contribution in [-0.4, -0.2) is 63.3 Å². The molecule has 0 amide bonds. The van der Waals surface area contributed by atoms with E-state index in [9.17, 15) is 0 Å². The molecule has 4 nitrogen and oxygen atoms in total. The Balaban J connectivity index is 0.000000921. The number of hydrogen-bond donors (Lipinski definition) is 1. The largest absolute Gasteiger partial charge is 0.383 e. The van der Waals surface area contributed by atoms with Gasteiger partial charge in [0.15, 0.2) is 0 Å². The fraction of sp³-hybridized carbons (Fsp3) is 1.00. The highest BCUT2D eigenvalue weighted by Crippen LogP contribution is 2.02. The summed E-state index contributed by atoms with van der Waals surface area (Å²) in [4.78, 5) is 2.47. The van der Waals surface area contributed by atoms with Gasteiger partial charge in [0, 0.05) is 44.8 Å². The number of methoxy groups -OCH3 is 1. The minimum atomic E-state index is 0.372. The van der Waals surface area contributed by atoms with Crippen LogP contribution in [0, 0.1) is 0 Å². The van der Waals surface area contributed by atoms with Gasteiger partial charge in [0.05, 0.1) is 6.61 Å². The molecule has 0 spiro atoms. The van der Waals surface area contributed by atoms with E-state index < -0.39 is 0 Å². The predicted molar refractivity (Wildman–Crippen MR) is 68.5 cm³/mol. The molecule has 1 aliphatic rings. The topological polar surface area (TPSA) is 50.8 Å². The maximum Gasteiger partial charge on any atom is 0.0589 e. The molecule has 1 heterocycles. The van der Waals surface area contributed by atoms with Crippen molar-refractivity contribution in [3.05, 3.63) is 0 Å². The van der Waals surface area contributed by atoms with E-state index >= 15 is 0 Å². The van der Waals surface area contributed by atoms with Crippen LogP contribution in [0.5, 0.6) is 0 Å². The van der Waals surface area contributed by atoms with Crippen LogP contribution >= 0.6 is 0 Å². The van der Waals surface area contributed by atoms with Gasteiger partial charge in [-0.25, -0.2) is 0 Å². The molecule has 0 unspecified atom stereocenters. The molecule has 1 saturated heterocycles. The van der Waals surface area contributed by atoms with Crippen LogP contribution in [0.2, 0.25) is 0 Å². The highest BCUT2D eigenvalue weighted by atomic mass is 32.2. The van der Waals surface area contributed by atoms with Gasteiger partial charge in [0.2, 0.25) is 0 Å². The average Bonchev–Trinajstić information content (AvgIpc) is 2.31. The molecule has 0 radical (unpaired) electrons. The van der Waals surface area contributed by atoms with Crippen LogP contribution in [0.3, 0.4) is 0 Å². The van der Waals surface area contributed by atoms with Gasteiger partial charge in [-0.05, 0) is 14.0 Å². The van der Waals surface area contributed by atoms with Crippen molar-refractivity contribution in [3.8, 4) is 0 Å². The second-order valence-corrected chi connectivity index (χ2v) is 5.15. The van der Waals surface area contributed by atoms with E-state index in [0.29, 0.717) is 10.7 Å². The number of hydrogen-bond acceptors (Lipinski definition) is 4. The predicted octanol–water partition coefficient (Wildman–Crippen LogP) is 0.345. The van der Waals surface area contributed by atoms with Gasteiger partial charge in [-0.1, -0.05) is 10.7 Å². The third-order valence-corrected chi connectivity index (χ3v) is 4.14. The molecule has 0 atom stereocenters. The zero-order valence-electron chi connectivity index (χ0n) is 10.2. The fourth-order valence-electron chi connectivity index (χ4n) is 1.44. The Labute approximate surface area is 96.3 Å².